The lowest BCUT2D eigenvalue weighted by atomic mass is 10.0. The van der Waals surface area contributed by atoms with Crippen molar-refractivity contribution >= 4 is 11.6 Å². The van der Waals surface area contributed by atoms with E-state index in [4.69, 9.17) is 4.74 Å². The zero-order valence-electron chi connectivity index (χ0n) is 14.9. The van der Waals surface area contributed by atoms with Gasteiger partial charge in [0.05, 0.1) is 6.10 Å². The summed E-state index contributed by atoms with van der Waals surface area (Å²) in [4.78, 5) is 15.7. The number of likely N-dealkylation sites (N-methyl/N-ethyl adjacent to an activating group) is 1. The minimum atomic E-state index is -0.277. The van der Waals surface area contributed by atoms with Crippen molar-refractivity contribution in [3.8, 4) is 0 Å². The SMILES string of the molecule is CC(NCC1CCC(C(=O)N(C)C)O1)c1ccccc1N(C)C. The van der Waals surface area contributed by atoms with Crippen molar-refractivity contribution < 1.29 is 9.53 Å². The summed E-state index contributed by atoms with van der Waals surface area (Å²) in [7, 11) is 7.67. The minimum absolute atomic E-state index is 0.0681. The van der Waals surface area contributed by atoms with Crippen LogP contribution in [0.5, 0.6) is 0 Å². The largest absolute Gasteiger partial charge is 0.377 e. The lowest BCUT2D eigenvalue weighted by Gasteiger charge is -2.24. The monoisotopic (exact) mass is 319 g/mol. The topological polar surface area (TPSA) is 44.8 Å². The maximum atomic E-state index is 11.9. The van der Waals surface area contributed by atoms with Crippen LogP contribution in [-0.4, -0.2) is 57.8 Å². The molecule has 128 valence electrons. The number of nitrogens with one attached hydrogen (secondary N) is 1. The predicted molar refractivity (Wildman–Crippen MR) is 93.8 cm³/mol. The fourth-order valence-corrected chi connectivity index (χ4v) is 3.00. The fourth-order valence-electron chi connectivity index (χ4n) is 3.00. The Morgan fingerprint density at radius 1 is 1.26 bits per heavy atom. The van der Waals surface area contributed by atoms with Gasteiger partial charge in [-0.1, -0.05) is 18.2 Å². The van der Waals surface area contributed by atoms with Gasteiger partial charge in [0.2, 0.25) is 0 Å². The summed E-state index contributed by atoms with van der Waals surface area (Å²) in [6, 6.07) is 8.65. The first kappa shape index (κ1) is 17.8. The number of hydrogen-bond acceptors (Lipinski definition) is 4. The predicted octanol–water partition coefficient (Wildman–Crippen LogP) is 2.04. The van der Waals surface area contributed by atoms with Crippen molar-refractivity contribution in [3.63, 3.8) is 0 Å². The van der Waals surface area contributed by atoms with E-state index in [1.54, 1.807) is 19.0 Å². The molecule has 1 aromatic rings. The van der Waals surface area contributed by atoms with Gasteiger partial charge in [-0.3, -0.25) is 4.79 Å². The summed E-state index contributed by atoms with van der Waals surface area (Å²) in [5, 5.41) is 3.55. The van der Waals surface area contributed by atoms with Crippen LogP contribution in [0.1, 0.15) is 31.4 Å². The third-order valence-electron chi connectivity index (χ3n) is 4.36. The second-order valence-corrected chi connectivity index (χ2v) is 6.64. The van der Waals surface area contributed by atoms with Crippen molar-refractivity contribution in [2.45, 2.75) is 38.0 Å². The molecule has 3 atom stereocenters. The highest BCUT2D eigenvalue weighted by Crippen LogP contribution is 2.26. The third kappa shape index (κ3) is 4.45. The first-order valence-corrected chi connectivity index (χ1v) is 8.26. The number of carbonyl (C=O) groups is 1. The normalized spacial score (nSPS) is 22.0. The van der Waals surface area contributed by atoms with Crippen LogP contribution < -0.4 is 10.2 Å². The standard InChI is InChI=1S/C18H29N3O2/c1-13(15-8-6-7-9-16(15)20(2)3)19-12-14-10-11-17(23-14)18(22)21(4)5/h6-9,13-14,17,19H,10-12H2,1-5H3. The fraction of sp³-hybridized carbons (Fsp3) is 0.611. The van der Waals surface area contributed by atoms with Gasteiger partial charge in [-0.15, -0.1) is 0 Å². The number of carbonyl (C=O) groups excluding carboxylic acids is 1. The summed E-state index contributed by atoms with van der Waals surface area (Å²) in [6.45, 7) is 2.93. The molecule has 1 heterocycles. The van der Waals surface area contributed by atoms with Gasteiger partial charge < -0.3 is 19.9 Å². The summed E-state index contributed by atoms with van der Waals surface area (Å²) < 4.78 is 5.88. The Balaban J connectivity index is 1.89. The van der Waals surface area contributed by atoms with Gasteiger partial charge in [0.1, 0.15) is 6.10 Å². The van der Waals surface area contributed by atoms with Crippen LogP contribution in [-0.2, 0) is 9.53 Å². The van der Waals surface area contributed by atoms with Crippen molar-refractivity contribution in [1.29, 1.82) is 0 Å². The van der Waals surface area contributed by atoms with Crippen LogP contribution in [0.3, 0.4) is 0 Å². The molecule has 1 aliphatic rings. The van der Waals surface area contributed by atoms with Crippen LogP contribution in [0.15, 0.2) is 24.3 Å². The Bertz CT molecular complexity index is 531. The second-order valence-electron chi connectivity index (χ2n) is 6.64. The minimum Gasteiger partial charge on any atom is -0.377 e. The summed E-state index contributed by atoms with van der Waals surface area (Å²) in [6.07, 6.45) is 1.57. The molecule has 1 aliphatic heterocycles. The first-order valence-electron chi connectivity index (χ1n) is 8.26. The molecule has 1 amide bonds. The molecule has 0 saturated carbocycles. The number of nitrogens with zero attached hydrogens (tertiary/aromatic N) is 2. The molecule has 0 spiro atoms. The smallest absolute Gasteiger partial charge is 0.251 e. The highest BCUT2D eigenvalue weighted by atomic mass is 16.5. The van der Waals surface area contributed by atoms with Gasteiger partial charge in [-0.25, -0.2) is 0 Å². The highest BCUT2D eigenvalue weighted by Gasteiger charge is 2.31. The summed E-state index contributed by atoms with van der Waals surface area (Å²) >= 11 is 0. The van der Waals surface area contributed by atoms with Crippen LogP contribution >= 0.6 is 0 Å². The molecule has 1 aromatic carbocycles. The Morgan fingerprint density at radius 2 is 1.96 bits per heavy atom. The number of para-hydroxylation sites is 1. The molecule has 0 bridgehead atoms. The van der Waals surface area contributed by atoms with E-state index in [2.05, 4.69) is 55.5 Å². The van der Waals surface area contributed by atoms with Gasteiger partial charge in [0, 0.05) is 46.5 Å². The average Bonchev–Trinajstić information content (AvgIpc) is 3.00. The van der Waals surface area contributed by atoms with Crippen molar-refractivity contribution in [3.05, 3.63) is 29.8 Å². The molecule has 1 saturated heterocycles. The van der Waals surface area contributed by atoms with Crippen LogP contribution in [0, 0.1) is 0 Å². The Kier molecular flexibility index (Phi) is 6.02. The van der Waals surface area contributed by atoms with E-state index >= 15 is 0 Å². The average molecular weight is 319 g/mol. The lowest BCUT2D eigenvalue weighted by molar-refractivity contribution is -0.140. The number of amides is 1. The molecule has 0 radical (unpaired) electrons. The van der Waals surface area contributed by atoms with E-state index in [0.29, 0.717) is 0 Å². The van der Waals surface area contributed by atoms with E-state index in [9.17, 15) is 4.79 Å². The van der Waals surface area contributed by atoms with Gasteiger partial charge in [0.15, 0.2) is 0 Å². The van der Waals surface area contributed by atoms with E-state index in [1.807, 2.05) is 0 Å². The molecule has 0 aliphatic carbocycles. The number of anilines is 1. The van der Waals surface area contributed by atoms with Gasteiger partial charge in [-0.05, 0) is 31.4 Å². The number of hydrogen-bond donors (Lipinski definition) is 1. The molecule has 2 rings (SSSR count). The molecule has 23 heavy (non-hydrogen) atoms. The maximum Gasteiger partial charge on any atom is 0.251 e. The third-order valence-corrected chi connectivity index (χ3v) is 4.36. The van der Waals surface area contributed by atoms with Crippen molar-refractivity contribution in [2.75, 3.05) is 39.6 Å². The molecule has 5 heteroatoms. The molecule has 0 aromatic heterocycles. The van der Waals surface area contributed by atoms with E-state index in [0.717, 1.165) is 19.4 Å². The van der Waals surface area contributed by atoms with Gasteiger partial charge >= 0.3 is 0 Å². The van der Waals surface area contributed by atoms with E-state index < -0.39 is 0 Å². The highest BCUT2D eigenvalue weighted by molar-refractivity contribution is 5.80. The summed E-state index contributed by atoms with van der Waals surface area (Å²) in [5.41, 5.74) is 2.50. The van der Waals surface area contributed by atoms with Gasteiger partial charge in [0.25, 0.3) is 5.91 Å². The Labute approximate surface area is 139 Å². The Hall–Kier alpha value is -1.59. The number of rotatable bonds is 6. The molecule has 5 nitrogen and oxygen atoms in total. The lowest BCUT2D eigenvalue weighted by Crippen LogP contribution is -2.35. The van der Waals surface area contributed by atoms with Crippen LogP contribution in [0.25, 0.3) is 0 Å². The molecular weight excluding hydrogens is 290 g/mol. The number of ether oxygens (including phenoxy) is 1. The zero-order valence-corrected chi connectivity index (χ0v) is 14.9. The van der Waals surface area contributed by atoms with E-state index in [1.165, 1.54) is 11.3 Å². The second kappa shape index (κ2) is 7.79. The quantitative estimate of drug-likeness (QED) is 0.871. The van der Waals surface area contributed by atoms with Gasteiger partial charge in [-0.2, -0.15) is 0 Å². The Morgan fingerprint density at radius 3 is 2.61 bits per heavy atom. The van der Waals surface area contributed by atoms with E-state index in [-0.39, 0.29) is 24.2 Å². The van der Waals surface area contributed by atoms with Crippen molar-refractivity contribution in [2.24, 2.45) is 0 Å². The number of benzene rings is 1. The van der Waals surface area contributed by atoms with Crippen molar-refractivity contribution in [1.82, 2.24) is 10.2 Å². The molecule has 1 N–H and O–H groups in total. The molecular formula is C18H29N3O2. The zero-order chi connectivity index (χ0) is 17.0. The first-order chi connectivity index (χ1) is 10.9. The molecule has 1 fully saturated rings. The molecule has 3 unspecified atom stereocenters. The maximum absolute atomic E-state index is 11.9. The summed E-state index contributed by atoms with van der Waals surface area (Å²) in [5.74, 6) is 0.0681. The van der Waals surface area contributed by atoms with Crippen LogP contribution in [0.2, 0.25) is 0 Å². The van der Waals surface area contributed by atoms with Crippen LogP contribution in [0.4, 0.5) is 5.69 Å².